The highest BCUT2D eigenvalue weighted by molar-refractivity contribution is 5.91. The number of carbonyl (C=O) groups is 1. The predicted octanol–water partition coefficient (Wildman–Crippen LogP) is 2.62. The van der Waals surface area contributed by atoms with E-state index in [1.54, 1.807) is 6.08 Å². The Morgan fingerprint density at radius 2 is 2.18 bits per heavy atom. The van der Waals surface area contributed by atoms with Crippen LogP contribution in [0.2, 0.25) is 0 Å². The number of carbonyl (C=O) groups excluding carboxylic acids is 1. The van der Waals surface area contributed by atoms with Crippen molar-refractivity contribution in [3.05, 3.63) is 42.0 Å². The van der Waals surface area contributed by atoms with Gasteiger partial charge in [0.1, 0.15) is 0 Å². The van der Waals surface area contributed by atoms with Crippen molar-refractivity contribution in [1.82, 2.24) is 5.32 Å². The molecule has 1 amide bonds. The van der Waals surface area contributed by atoms with E-state index in [1.165, 1.54) is 6.08 Å². The Morgan fingerprint density at radius 3 is 2.76 bits per heavy atom. The lowest BCUT2D eigenvalue weighted by Gasteiger charge is -2.12. The van der Waals surface area contributed by atoms with Crippen molar-refractivity contribution in [2.45, 2.75) is 25.8 Å². The second-order valence-electron chi connectivity index (χ2n) is 3.77. The van der Waals surface area contributed by atoms with Crippen LogP contribution < -0.4 is 5.32 Å². The average Bonchev–Trinajstić information content (AvgIpc) is 2.37. The summed E-state index contributed by atoms with van der Waals surface area (Å²) < 4.78 is 0. The normalized spacial score (nSPS) is 12.0. The number of hydrogen-bond acceptors (Lipinski definition) is 1. The monoisotopic (exact) mass is 227 g/mol. The zero-order chi connectivity index (χ0) is 12.5. The minimum atomic E-state index is -0.101. The summed E-state index contributed by atoms with van der Waals surface area (Å²) in [5, 5.41) is 2.87. The maximum absolute atomic E-state index is 11.6. The van der Waals surface area contributed by atoms with Gasteiger partial charge in [0.25, 0.3) is 0 Å². The van der Waals surface area contributed by atoms with Crippen LogP contribution in [0.15, 0.2) is 36.4 Å². The lowest BCUT2D eigenvalue weighted by Crippen LogP contribution is -2.32. The van der Waals surface area contributed by atoms with E-state index in [0.717, 1.165) is 12.0 Å². The quantitative estimate of drug-likeness (QED) is 0.608. The predicted molar refractivity (Wildman–Crippen MR) is 71.1 cm³/mol. The largest absolute Gasteiger partial charge is 0.349 e. The molecule has 0 spiro atoms. The molecule has 2 nitrogen and oxygen atoms in total. The fraction of sp³-hybridized carbons (Fsp3) is 0.267. The van der Waals surface area contributed by atoms with Gasteiger partial charge in [-0.25, -0.2) is 0 Å². The van der Waals surface area contributed by atoms with E-state index in [0.29, 0.717) is 6.42 Å². The molecular weight excluding hydrogens is 210 g/mol. The molecule has 0 radical (unpaired) electrons. The highest BCUT2D eigenvalue weighted by Crippen LogP contribution is 2.01. The van der Waals surface area contributed by atoms with E-state index in [4.69, 9.17) is 6.42 Å². The molecule has 1 N–H and O–H groups in total. The van der Waals surface area contributed by atoms with Crippen molar-refractivity contribution in [2.75, 3.05) is 0 Å². The van der Waals surface area contributed by atoms with Gasteiger partial charge in [0.2, 0.25) is 5.91 Å². The lowest BCUT2D eigenvalue weighted by molar-refractivity contribution is -0.117. The van der Waals surface area contributed by atoms with Crippen LogP contribution in [0.25, 0.3) is 6.08 Å². The van der Waals surface area contributed by atoms with E-state index in [2.05, 4.69) is 11.2 Å². The molecule has 0 aliphatic rings. The van der Waals surface area contributed by atoms with Gasteiger partial charge in [-0.15, -0.1) is 12.3 Å². The van der Waals surface area contributed by atoms with Crippen molar-refractivity contribution < 1.29 is 4.79 Å². The Hall–Kier alpha value is -2.01. The standard InChI is InChI=1S/C15H17NO/c1-3-8-14(4-2)16-15(17)12-11-13-9-6-5-7-10-13/h1,5-7,9-12,14H,4,8H2,2H3,(H,16,17)/b12-11+. The summed E-state index contributed by atoms with van der Waals surface area (Å²) in [4.78, 5) is 11.6. The number of nitrogens with one attached hydrogen (secondary N) is 1. The average molecular weight is 227 g/mol. The Bertz CT molecular complexity index is 414. The van der Waals surface area contributed by atoms with Crippen molar-refractivity contribution >= 4 is 12.0 Å². The van der Waals surface area contributed by atoms with E-state index in [9.17, 15) is 4.79 Å². The van der Waals surface area contributed by atoms with E-state index < -0.39 is 0 Å². The molecule has 0 fully saturated rings. The van der Waals surface area contributed by atoms with Crippen LogP contribution in [-0.2, 0) is 4.79 Å². The first-order valence-electron chi connectivity index (χ1n) is 5.73. The molecule has 88 valence electrons. The molecule has 0 aliphatic carbocycles. The van der Waals surface area contributed by atoms with Gasteiger partial charge in [-0.05, 0) is 18.1 Å². The molecule has 1 aromatic rings. The van der Waals surface area contributed by atoms with Crippen LogP contribution >= 0.6 is 0 Å². The number of terminal acetylenes is 1. The molecule has 2 heteroatoms. The summed E-state index contributed by atoms with van der Waals surface area (Å²) >= 11 is 0. The van der Waals surface area contributed by atoms with Crippen molar-refractivity contribution in [3.63, 3.8) is 0 Å². The Balaban J connectivity index is 2.50. The summed E-state index contributed by atoms with van der Waals surface area (Å²) in [6.07, 6.45) is 9.97. The van der Waals surface area contributed by atoms with Crippen molar-refractivity contribution in [2.24, 2.45) is 0 Å². The maximum atomic E-state index is 11.6. The molecule has 1 unspecified atom stereocenters. The second kappa shape index (κ2) is 7.29. The third-order valence-electron chi connectivity index (χ3n) is 2.43. The zero-order valence-corrected chi connectivity index (χ0v) is 10.0. The van der Waals surface area contributed by atoms with Gasteiger partial charge < -0.3 is 5.32 Å². The highest BCUT2D eigenvalue weighted by atomic mass is 16.1. The molecule has 0 aliphatic heterocycles. The lowest BCUT2D eigenvalue weighted by atomic mass is 10.1. The maximum Gasteiger partial charge on any atom is 0.244 e. The smallest absolute Gasteiger partial charge is 0.244 e. The zero-order valence-electron chi connectivity index (χ0n) is 10.0. The van der Waals surface area contributed by atoms with Crippen LogP contribution in [0, 0.1) is 12.3 Å². The first-order chi connectivity index (χ1) is 8.26. The highest BCUT2D eigenvalue weighted by Gasteiger charge is 2.05. The van der Waals surface area contributed by atoms with E-state index in [1.807, 2.05) is 37.3 Å². The van der Waals surface area contributed by atoms with Crippen LogP contribution in [0.1, 0.15) is 25.3 Å². The third kappa shape index (κ3) is 5.03. The van der Waals surface area contributed by atoms with Crippen molar-refractivity contribution in [3.8, 4) is 12.3 Å². The summed E-state index contributed by atoms with van der Waals surface area (Å²) in [7, 11) is 0. The Labute approximate surface area is 103 Å². The molecule has 0 heterocycles. The minimum Gasteiger partial charge on any atom is -0.349 e. The summed E-state index contributed by atoms with van der Waals surface area (Å²) in [6, 6.07) is 9.77. The number of amides is 1. The minimum absolute atomic E-state index is 0.0629. The Kier molecular flexibility index (Phi) is 5.60. The van der Waals surface area contributed by atoms with Crippen LogP contribution in [0.4, 0.5) is 0 Å². The molecule has 0 saturated carbocycles. The fourth-order valence-corrected chi connectivity index (χ4v) is 1.43. The van der Waals surface area contributed by atoms with Crippen LogP contribution in [-0.4, -0.2) is 11.9 Å². The van der Waals surface area contributed by atoms with Gasteiger partial charge in [-0.1, -0.05) is 37.3 Å². The van der Waals surface area contributed by atoms with E-state index in [-0.39, 0.29) is 11.9 Å². The summed E-state index contributed by atoms with van der Waals surface area (Å²) in [5.41, 5.74) is 1.01. The summed E-state index contributed by atoms with van der Waals surface area (Å²) in [5.74, 6) is 2.46. The summed E-state index contributed by atoms with van der Waals surface area (Å²) in [6.45, 7) is 2.00. The second-order valence-corrected chi connectivity index (χ2v) is 3.77. The SMILES string of the molecule is C#CCC(CC)NC(=O)/C=C/c1ccccc1. The molecule has 0 saturated heterocycles. The first kappa shape index (κ1) is 13.1. The van der Waals surface area contributed by atoms with Crippen LogP contribution in [0.5, 0.6) is 0 Å². The molecule has 0 aromatic heterocycles. The number of rotatable bonds is 5. The molecular formula is C15H17NO. The van der Waals surface area contributed by atoms with Gasteiger partial charge in [0.15, 0.2) is 0 Å². The van der Waals surface area contributed by atoms with Gasteiger partial charge >= 0.3 is 0 Å². The molecule has 17 heavy (non-hydrogen) atoms. The van der Waals surface area contributed by atoms with Gasteiger partial charge in [-0.2, -0.15) is 0 Å². The van der Waals surface area contributed by atoms with E-state index >= 15 is 0 Å². The number of hydrogen-bond donors (Lipinski definition) is 1. The van der Waals surface area contributed by atoms with Crippen LogP contribution in [0.3, 0.4) is 0 Å². The number of benzene rings is 1. The third-order valence-corrected chi connectivity index (χ3v) is 2.43. The molecule has 1 aromatic carbocycles. The molecule has 1 atom stereocenters. The molecule has 0 bridgehead atoms. The topological polar surface area (TPSA) is 29.1 Å². The fourth-order valence-electron chi connectivity index (χ4n) is 1.43. The van der Waals surface area contributed by atoms with Gasteiger partial charge in [0, 0.05) is 18.5 Å². The van der Waals surface area contributed by atoms with Gasteiger partial charge in [-0.3, -0.25) is 4.79 Å². The Morgan fingerprint density at radius 1 is 1.47 bits per heavy atom. The van der Waals surface area contributed by atoms with Crippen molar-refractivity contribution in [1.29, 1.82) is 0 Å². The van der Waals surface area contributed by atoms with Gasteiger partial charge in [0.05, 0.1) is 0 Å². The first-order valence-corrected chi connectivity index (χ1v) is 5.73. The molecule has 1 rings (SSSR count).